The summed E-state index contributed by atoms with van der Waals surface area (Å²) in [5.41, 5.74) is 3.94. The maximum atomic E-state index is 4.52. The third-order valence-electron chi connectivity index (χ3n) is 3.66. The molecule has 0 atom stereocenters. The van der Waals surface area contributed by atoms with Crippen LogP contribution in [-0.4, -0.2) is 33.3 Å². The second-order valence-corrected chi connectivity index (χ2v) is 5.19. The zero-order valence-electron chi connectivity index (χ0n) is 11.2. The van der Waals surface area contributed by atoms with Gasteiger partial charge in [0.05, 0.1) is 5.69 Å². The molecule has 3 rings (SSSR count). The van der Waals surface area contributed by atoms with Crippen molar-refractivity contribution in [1.29, 1.82) is 0 Å². The van der Waals surface area contributed by atoms with Gasteiger partial charge in [-0.25, -0.2) is 0 Å². The number of aromatic amines is 1. The van der Waals surface area contributed by atoms with Crippen molar-refractivity contribution in [3.63, 3.8) is 0 Å². The zero-order chi connectivity index (χ0) is 13.1. The van der Waals surface area contributed by atoms with Crippen LogP contribution in [0.4, 0.5) is 0 Å². The fourth-order valence-corrected chi connectivity index (χ4v) is 2.63. The highest BCUT2D eigenvalue weighted by atomic mass is 15.1. The van der Waals surface area contributed by atoms with Gasteiger partial charge in [0.1, 0.15) is 11.4 Å². The van der Waals surface area contributed by atoms with E-state index in [0.717, 1.165) is 42.3 Å². The molecule has 2 N–H and O–H groups in total. The van der Waals surface area contributed by atoms with Crippen LogP contribution in [0, 0.1) is 12.8 Å². The lowest BCUT2D eigenvalue weighted by Gasteiger charge is -2.22. The topological polar surface area (TPSA) is 66.5 Å². The number of aromatic nitrogens is 4. The summed E-state index contributed by atoms with van der Waals surface area (Å²) in [6.07, 6.45) is 6.95. The quantitative estimate of drug-likeness (QED) is 0.878. The molecule has 0 spiro atoms. The number of hydrogen-bond donors (Lipinski definition) is 2. The Labute approximate surface area is 112 Å². The lowest BCUT2D eigenvalue weighted by Crippen LogP contribution is -2.29. The lowest BCUT2D eigenvalue weighted by atomic mass is 9.92. The van der Waals surface area contributed by atoms with Crippen LogP contribution in [0.1, 0.15) is 24.2 Å². The molecular formula is C14H19N5. The normalized spacial score (nSPS) is 16.7. The van der Waals surface area contributed by atoms with Gasteiger partial charge in [-0.05, 0) is 51.3 Å². The minimum absolute atomic E-state index is 0.705. The van der Waals surface area contributed by atoms with Crippen LogP contribution in [0.3, 0.4) is 0 Å². The van der Waals surface area contributed by atoms with E-state index >= 15 is 0 Å². The Bertz CT molecular complexity index is 542. The summed E-state index contributed by atoms with van der Waals surface area (Å²) < 4.78 is 0. The summed E-state index contributed by atoms with van der Waals surface area (Å²) in [4.78, 5) is 8.99. The van der Waals surface area contributed by atoms with E-state index in [1.165, 1.54) is 12.8 Å². The average molecular weight is 257 g/mol. The Morgan fingerprint density at radius 2 is 2.00 bits per heavy atom. The lowest BCUT2D eigenvalue weighted by molar-refractivity contribution is 0.370. The predicted octanol–water partition coefficient (Wildman–Crippen LogP) is 1.72. The van der Waals surface area contributed by atoms with E-state index < -0.39 is 0 Å². The van der Waals surface area contributed by atoms with Gasteiger partial charge in [-0.2, -0.15) is 5.10 Å². The van der Waals surface area contributed by atoms with Crippen LogP contribution in [0.2, 0.25) is 0 Å². The Hall–Kier alpha value is -1.75. The van der Waals surface area contributed by atoms with E-state index in [0.29, 0.717) is 5.92 Å². The SMILES string of the molecule is Cc1cc(-c2nccnc2CC2CCNCC2)n[nH]1. The number of nitrogens with one attached hydrogen (secondary N) is 2. The summed E-state index contributed by atoms with van der Waals surface area (Å²) in [7, 11) is 0. The molecule has 1 aliphatic rings. The van der Waals surface area contributed by atoms with Crippen LogP contribution in [0.15, 0.2) is 18.5 Å². The van der Waals surface area contributed by atoms with E-state index in [2.05, 4.69) is 25.5 Å². The molecule has 2 aromatic rings. The van der Waals surface area contributed by atoms with E-state index in [1.54, 1.807) is 12.4 Å². The van der Waals surface area contributed by atoms with Crippen molar-refractivity contribution in [1.82, 2.24) is 25.5 Å². The van der Waals surface area contributed by atoms with E-state index in [-0.39, 0.29) is 0 Å². The molecule has 2 aromatic heterocycles. The molecule has 100 valence electrons. The van der Waals surface area contributed by atoms with E-state index in [9.17, 15) is 0 Å². The second-order valence-electron chi connectivity index (χ2n) is 5.19. The molecule has 19 heavy (non-hydrogen) atoms. The molecule has 1 saturated heterocycles. The van der Waals surface area contributed by atoms with Gasteiger partial charge in [0.25, 0.3) is 0 Å². The van der Waals surface area contributed by atoms with Crippen molar-refractivity contribution in [3.05, 3.63) is 29.8 Å². The number of piperidine rings is 1. The maximum absolute atomic E-state index is 4.52. The Balaban J connectivity index is 1.84. The predicted molar refractivity (Wildman–Crippen MR) is 73.6 cm³/mol. The standard InChI is InChI=1S/C14H19N5/c1-10-8-13(19-18-10)14-12(16-6-7-17-14)9-11-2-4-15-5-3-11/h6-8,11,15H,2-5,9H2,1H3,(H,18,19). The third kappa shape index (κ3) is 2.81. The van der Waals surface area contributed by atoms with Crippen molar-refractivity contribution in [2.45, 2.75) is 26.2 Å². The Kier molecular flexibility index (Phi) is 3.55. The fraction of sp³-hybridized carbons (Fsp3) is 0.500. The largest absolute Gasteiger partial charge is 0.317 e. The minimum Gasteiger partial charge on any atom is -0.317 e. The van der Waals surface area contributed by atoms with Gasteiger partial charge in [0, 0.05) is 18.1 Å². The number of H-pyrrole nitrogens is 1. The molecule has 1 fully saturated rings. The number of aryl methyl sites for hydroxylation is 1. The highest BCUT2D eigenvalue weighted by molar-refractivity contribution is 5.56. The number of hydrogen-bond acceptors (Lipinski definition) is 4. The summed E-state index contributed by atoms with van der Waals surface area (Å²) in [6, 6.07) is 2.02. The number of nitrogens with zero attached hydrogens (tertiary/aromatic N) is 3. The van der Waals surface area contributed by atoms with Gasteiger partial charge in [-0.1, -0.05) is 0 Å². The molecule has 1 aliphatic heterocycles. The first kappa shape index (κ1) is 12.3. The summed E-state index contributed by atoms with van der Waals surface area (Å²) >= 11 is 0. The first-order valence-electron chi connectivity index (χ1n) is 6.86. The van der Waals surface area contributed by atoms with Gasteiger partial charge >= 0.3 is 0 Å². The molecule has 0 saturated carbocycles. The van der Waals surface area contributed by atoms with Gasteiger partial charge in [-0.15, -0.1) is 0 Å². The zero-order valence-corrected chi connectivity index (χ0v) is 11.2. The van der Waals surface area contributed by atoms with Crippen molar-refractivity contribution in [3.8, 4) is 11.4 Å². The third-order valence-corrected chi connectivity index (χ3v) is 3.66. The first-order chi connectivity index (χ1) is 9.33. The molecule has 5 nitrogen and oxygen atoms in total. The van der Waals surface area contributed by atoms with Crippen LogP contribution < -0.4 is 5.32 Å². The molecule has 0 aliphatic carbocycles. The van der Waals surface area contributed by atoms with E-state index in [4.69, 9.17) is 0 Å². The van der Waals surface area contributed by atoms with Crippen LogP contribution in [0.5, 0.6) is 0 Å². The maximum Gasteiger partial charge on any atom is 0.113 e. The highest BCUT2D eigenvalue weighted by Crippen LogP contribution is 2.23. The highest BCUT2D eigenvalue weighted by Gasteiger charge is 2.18. The van der Waals surface area contributed by atoms with Crippen LogP contribution >= 0.6 is 0 Å². The van der Waals surface area contributed by atoms with Gasteiger partial charge in [0.15, 0.2) is 0 Å². The van der Waals surface area contributed by atoms with Gasteiger partial charge in [-0.3, -0.25) is 15.1 Å². The molecule has 0 radical (unpaired) electrons. The van der Waals surface area contributed by atoms with Crippen LogP contribution in [0.25, 0.3) is 11.4 Å². The first-order valence-corrected chi connectivity index (χ1v) is 6.86. The minimum atomic E-state index is 0.705. The van der Waals surface area contributed by atoms with Crippen molar-refractivity contribution in [2.24, 2.45) is 5.92 Å². The molecule has 0 unspecified atom stereocenters. The van der Waals surface area contributed by atoms with Crippen molar-refractivity contribution >= 4 is 0 Å². The summed E-state index contributed by atoms with van der Waals surface area (Å²) in [6.45, 7) is 4.23. The molecule has 0 bridgehead atoms. The van der Waals surface area contributed by atoms with Crippen LogP contribution in [-0.2, 0) is 6.42 Å². The Morgan fingerprint density at radius 1 is 1.21 bits per heavy atom. The van der Waals surface area contributed by atoms with Gasteiger partial charge < -0.3 is 5.32 Å². The second kappa shape index (κ2) is 5.48. The van der Waals surface area contributed by atoms with Crippen molar-refractivity contribution < 1.29 is 0 Å². The average Bonchev–Trinajstić information content (AvgIpc) is 2.87. The fourth-order valence-electron chi connectivity index (χ4n) is 2.63. The Morgan fingerprint density at radius 3 is 2.74 bits per heavy atom. The van der Waals surface area contributed by atoms with Gasteiger partial charge in [0.2, 0.25) is 0 Å². The molecule has 3 heterocycles. The molecule has 5 heteroatoms. The molecular weight excluding hydrogens is 238 g/mol. The van der Waals surface area contributed by atoms with Crippen molar-refractivity contribution in [2.75, 3.05) is 13.1 Å². The molecule has 0 amide bonds. The summed E-state index contributed by atoms with van der Waals surface area (Å²) in [5, 5.41) is 10.7. The smallest absolute Gasteiger partial charge is 0.113 e. The number of rotatable bonds is 3. The van der Waals surface area contributed by atoms with E-state index in [1.807, 2.05) is 13.0 Å². The molecule has 0 aromatic carbocycles. The summed E-state index contributed by atoms with van der Waals surface area (Å²) in [5.74, 6) is 0.705. The monoisotopic (exact) mass is 257 g/mol.